The standard InChI is InChI=1S/C19H23Br/c20-19(12-10-15-5-1-2-6-15)14-16-9-11-17-7-3-4-8-18(17)13-16/h3-4,7-9,11,13,15,19H,1-2,5-6,10,12,14H2. The Morgan fingerprint density at radius 3 is 2.55 bits per heavy atom. The van der Waals surface area contributed by atoms with E-state index < -0.39 is 0 Å². The van der Waals surface area contributed by atoms with Crippen molar-refractivity contribution in [1.82, 2.24) is 0 Å². The average Bonchev–Trinajstić information content (AvgIpc) is 2.98. The molecule has 0 aliphatic heterocycles. The second kappa shape index (κ2) is 6.76. The van der Waals surface area contributed by atoms with Crippen LogP contribution in [0.25, 0.3) is 10.8 Å². The fraction of sp³-hybridized carbons (Fsp3) is 0.474. The molecule has 1 aliphatic rings. The molecule has 0 nitrogen and oxygen atoms in total. The van der Waals surface area contributed by atoms with E-state index in [1.165, 1.54) is 54.9 Å². The van der Waals surface area contributed by atoms with Gasteiger partial charge in [-0.2, -0.15) is 0 Å². The topological polar surface area (TPSA) is 0 Å². The van der Waals surface area contributed by atoms with E-state index in [1.807, 2.05) is 0 Å². The Kier molecular flexibility index (Phi) is 4.77. The third kappa shape index (κ3) is 3.63. The van der Waals surface area contributed by atoms with Gasteiger partial charge in [-0.05, 0) is 41.5 Å². The molecule has 0 amide bonds. The summed E-state index contributed by atoms with van der Waals surface area (Å²) < 4.78 is 0. The van der Waals surface area contributed by atoms with Crippen LogP contribution in [0, 0.1) is 5.92 Å². The first-order valence-electron chi connectivity index (χ1n) is 7.93. The number of halogens is 1. The number of alkyl halides is 1. The van der Waals surface area contributed by atoms with E-state index in [0.717, 1.165) is 12.3 Å². The van der Waals surface area contributed by atoms with E-state index in [2.05, 4.69) is 58.4 Å². The summed E-state index contributed by atoms with van der Waals surface area (Å²) in [5.74, 6) is 1.01. The van der Waals surface area contributed by atoms with Crippen LogP contribution in [0.1, 0.15) is 44.1 Å². The van der Waals surface area contributed by atoms with E-state index >= 15 is 0 Å². The van der Waals surface area contributed by atoms with Crippen LogP contribution in [-0.2, 0) is 6.42 Å². The molecule has 2 aromatic carbocycles. The quantitative estimate of drug-likeness (QED) is 0.579. The van der Waals surface area contributed by atoms with Gasteiger partial charge in [0.15, 0.2) is 0 Å². The first-order valence-corrected chi connectivity index (χ1v) is 8.84. The molecule has 0 saturated heterocycles. The molecule has 20 heavy (non-hydrogen) atoms. The Balaban J connectivity index is 1.57. The predicted octanol–water partition coefficient (Wildman–Crippen LogP) is 6.12. The van der Waals surface area contributed by atoms with Crippen LogP contribution < -0.4 is 0 Å². The van der Waals surface area contributed by atoms with Gasteiger partial charge in [0, 0.05) is 4.83 Å². The Morgan fingerprint density at radius 2 is 1.75 bits per heavy atom. The van der Waals surface area contributed by atoms with Crippen LogP contribution >= 0.6 is 15.9 Å². The second-order valence-corrected chi connectivity index (χ2v) is 7.51. The minimum atomic E-state index is 0.629. The monoisotopic (exact) mass is 330 g/mol. The molecule has 1 heteroatoms. The summed E-state index contributed by atoms with van der Waals surface area (Å²) in [5.41, 5.74) is 1.46. The first kappa shape index (κ1) is 14.1. The maximum atomic E-state index is 3.89. The van der Waals surface area contributed by atoms with Crippen molar-refractivity contribution in [3.05, 3.63) is 48.0 Å². The third-order valence-corrected chi connectivity index (χ3v) is 5.42. The zero-order valence-electron chi connectivity index (χ0n) is 12.0. The van der Waals surface area contributed by atoms with Gasteiger partial charge in [-0.25, -0.2) is 0 Å². The minimum absolute atomic E-state index is 0.629. The lowest BCUT2D eigenvalue weighted by molar-refractivity contribution is 0.479. The van der Waals surface area contributed by atoms with Gasteiger partial charge >= 0.3 is 0 Å². The molecule has 0 bridgehead atoms. The molecule has 1 atom stereocenters. The van der Waals surface area contributed by atoms with Crippen LogP contribution in [0.2, 0.25) is 0 Å². The SMILES string of the molecule is BrC(CCC1CCCC1)Cc1ccc2ccccc2c1. The molecule has 0 aromatic heterocycles. The Hall–Kier alpha value is -0.820. The molecule has 0 N–H and O–H groups in total. The van der Waals surface area contributed by atoms with E-state index in [-0.39, 0.29) is 0 Å². The number of benzene rings is 2. The van der Waals surface area contributed by atoms with Crippen LogP contribution in [-0.4, -0.2) is 4.83 Å². The highest BCUT2D eigenvalue weighted by molar-refractivity contribution is 9.09. The summed E-state index contributed by atoms with van der Waals surface area (Å²) in [7, 11) is 0. The van der Waals surface area contributed by atoms with E-state index in [0.29, 0.717) is 4.83 Å². The molecule has 3 rings (SSSR count). The van der Waals surface area contributed by atoms with Gasteiger partial charge in [-0.3, -0.25) is 0 Å². The lowest BCUT2D eigenvalue weighted by Crippen LogP contribution is -2.05. The zero-order valence-corrected chi connectivity index (χ0v) is 13.6. The lowest BCUT2D eigenvalue weighted by atomic mass is 9.97. The van der Waals surface area contributed by atoms with Gasteiger partial charge in [0.25, 0.3) is 0 Å². The smallest absolute Gasteiger partial charge is 0.0186 e. The normalized spacial score (nSPS) is 17.6. The summed E-state index contributed by atoms with van der Waals surface area (Å²) in [6, 6.07) is 15.5. The summed E-state index contributed by atoms with van der Waals surface area (Å²) in [4.78, 5) is 0.629. The fourth-order valence-electron chi connectivity index (χ4n) is 3.44. The summed E-state index contributed by atoms with van der Waals surface area (Å²) in [6.07, 6.45) is 9.73. The molecule has 0 spiro atoms. The van der Waals surface area contributed by atoms with Crippen molar-refractivity contribution in [2.45, 2.75) is 49.8 Å². The Morgan fingerprint density at radius 1 is 1.00 bits per heavy atom. The highest BCUT2D eigenvalue weighted by atomic mass is 79.9. The van der Waals surface area contributed by atoms with Crippen LogP contribution in [0.3, 0.4) is 0 Å². The molecular formula is C19H23Br. The minimum Gasteiger partial charge on any atom is -0.0887 e. The number of rotatable bonds is 5. The van der Waals surface area contributed by atoms with Crippen molar-refractivity contribution in [1.29, 1.82) is 0 Å². The molecule has 106 valence electrons. The summed E-state index contributed by atoms with van der Waals surface area (Å²) in [6.45, 7) is 0. The van der Waals surface area contributed by atoms with Crippen molar-refractivity contribution >= 4 is 26.7 Å². The maximum Gasteiger partial charge on any atom is 0.0186 e. The highest BCUT2D eigenvalue weighted by Crippen LogP contribution is 2.30. The molecule has 0 radical (unpaired) electrons. The first-order chi connectivity index (χ1) is 9.81. The summed E-state index contributed by atoms with van der Waals surface area (Å²) >= 11 is 3.89. The Labute approximate surface area is 130 Å². The number of hydrogen-bond acceptors (Lipinski definition) is 0. The van der Waals surface area contributed by atoms with Crippen molar-refractivity contribution in [2.75, 3.05) is 0 Å². The van der Waals surface area contributed by atoms with Crippen LogP contribution in [0.5, 0.6) is 0 Å². The van der Waals surface area contributed by atoms with Crippen molar-refractivity contribution in [2.24, 2.45) is 5.92 Å². The molecule has 0 heterocycles. The van der Waals surface area contributed by atoms with Crippen molar-refractivity contribution in [3.8, 4) is 0 Å². The molecule has 1 aliphatic carbocycles. The largest absolute Gasteiger partial charge is 0.0887 e. The predicted molar refractivity (Wildman–Crippen MR) is 91.6 cm³/mol. The van der Waals surface area contributed by atoms with Crippen molar-refractivity contribution in [3.63, 3.8) is 0 Å². The van der Waals surface area contributed by atoms with Gasteiger partial charge in [0.2, 0.25) is 0 Å². The van der Waals surface area contributed by atoms with E-state index in [4.69, 9.17) is 0 Å². The highest BCUT2D eigenvalue weighted by Gasteiger charge is 2.16. The van der Waals surface area contributed by atoms with Gasteiger partial charge in [-0.1, -0.05) is 84.1 Å². The molecule has 2 aromatic rings. The average molecular weight is 331 g/mol. The zero-order chi connectivity index (χ0) is 13.8. The molecular weight excluding hydrogens is 308 g/mol. The third-order valence-electron chi connectivity index (χ3n) is 4.63. The van der Waals surface area contributed by atoms with Crippen molar-refractivity contribution < 1.29 is 0 Å². The second-order valence-electron chi connectivity index (χ2n) is 6.21. The fourth-order valence-corrected chi connectivity index (χ4v) is 4.08. The van der Waals surface area contributed by atoms with E-state index in [1.54, 1.807) is 0 Å². The maximum absolute atomic E-state index is 3.89. The van der Waals surface area contributed by atoms with Gasteiger partial charge in [0.1, 0.15) is 0 Å². The van der Waals surface area contributed by atoms with Crippen LogP contribution in [0.4, 0.5) is 0 Å². The van der Waals surface area contributed by atoms with E-state index in [9.17, 15) is 0 Å². The van der Waals surface area contributed by atoms with Gasteiger partial charge in [0.05, 0.1) is 0 Å². The van der Waals surface area contributed by atoms with Crippen LogP contribution in [0.15, 0.2) is 42.5 Å². The molecule has 1 saturated carbocycles. The lowest BCUT2D eigenvalue weighted by Gasteiger charge is -2.13. The number of hydrogen-bond donors (Lipinski definition) is 0. The van der Waals surface area contributed by atoms with Gasteiger partial charge < -0.3 is 0 Å². The van der Waals surface area contributed by atoms with Gasteiger partial charge in [-0.15, -0.1) is 0 Å². The number of fused-ring (bicyclic) bond motifs is 1. The summed E-state index contributed by atoms with van der Waals surface area (Å²) in [5, 5.41) is 2.70. The molecule has 1 fully saturated rings. The molecule has 1 unspecified atom stereocenters. The Bertz CT molecular complexity index is 554.